The molecule has 1 N–H and O–H groups in total. The fourth-order valence-electron chi connectivity index (χ4n) is 2.24. The topological polar surface area (TPSA) is 32.3 Å². The van der Waals surface area contributed by atoms with Crippen LogP contribution in [-0.4, -0.2) is 37.0 Å². The lowest BCUT2D eigenvalue weighted by molar-refractivity contribution is -0.138. The fraction of sp³-hybridized carbons (Fsp3) is 0.500. The second-order valence-electron chi connectivity index (χ2n) is 4.86. The number of alkyl halides is 3. The summed E-state index contributed by atoms with van der Waals surface area (Å²) in [6.07, 6.45) is -3.48. The predicted molar refractivity (Wildman–Crippen MR) is 69.2 cm³/mol. The number of carbonyl (C=O) groups excluding carboxylic acids is 1. The summed E-state index contributed by atoms with van der Waals surface area (Å²) in [5, 5.41) is 3.18. The number of rotatable bonds is 2. The van der Waals surface area contributed by atoms with E-state index in [0.717, 1.165) is 31.6 Å². The molecule has 1 aliphatic rings. The Bertz CT molecular complexity index is 466. The number of hydrogen-bond acceptors (Lipinski definition) is 2. The highest BCUT2D eigenvalue weighted by Crippen LogP contribution is 2.29. The summed E-state index contributed by atoms with van der Waals surface area (Å²) >= 11 is 0. The van der Waals surface area contributed by atoms with Crippen LogP contribution in [0, 0.1) is 0 Å². The van der Waals surface area contributed by atoms with Gasteiger partial charge in [-0.1, -0.05) is 18.2 Å². The van der Waals surface area contributed by atoms with Gasteiger partial charge < -0.3 is 10.2 Å². The van der Waals surface area contributed by atoms with Crippen molar-refractivity contribution in [1.29, 1.82) is 0 Å². The molecule has 1 amide bonds. The largest absolute Gasteiger partial charge is 0.416 e. The van der Waals surface area contributed by atoms with Crippen molar-refractivity contribution >= 4 is 5.91 Å². The van der Waals surface area contributed by atoms with E-state index in [2.05, 4.69) is 5.32 Å². The van der Waals surface area contributed by atoms with E-state index in [-0.39, 0.29) is 12.3 Å². The maximum Gasteiger partial charge on any atom is 0.416 e. The van der Waals surface area contributed by atoms with Gasteiger partial charge in [0.15, 0.2) is 0 Å². The minimum absolute atomic E-state index is 0.0178. The maximum atomic E-state index is 12.6. The number of hydrogen-bond donors (Lipinski definition) is 1. The molecule has 1 aromatic carbocycles. The van der Waals surface area contributed by atoms with Gasteiger partial charge in [-0.3, -0.25) is 4.79 Å². The zero-order valence-corrected chi connectivity index (χ0v) is 11.0. The van der Waals surface area contributed by atoms with Gasteiger partial charge in [0.1, 0.15) is 0 Å². The third-order valence-electron chi connectivity index (χ3n) is 3.30. The third kappa shape index (κ3) is 3.96. The molecule has 0 bridgehead atoms. The lowest BCUT2D eigenvalue weighted by atomic mass is 10.1. The zero-order chi connectivity index (χ0) is 14.6. The van der Waals surface area contributed by atoms with Crippen molar-refractivity contribution in [2.45, 2.75) is 19.0 Å². The molecule has 0 aliphatic carbocycles. The second kappa shape index (κ2) is 6.26. The van der Waals surface area contributed by atoms with E-state index in [1.165, 1.54) is 6.07 Å². The minimum Gasteiger partial charge on any atom is -0.341 e. The molecule has 1 saturated heterocycles. The molecule has 110 valence electrons. The number of nitrogens with one attached hydrogen (secondary N) is 1. The van der Waals surface area contributed by atoms with Gasteiger partial charge in [0.05, 0.1) is 12.0 Å². The van der Waals surface area contributed by atoms with Crippen molar-refractivity contribution in [2.75, 3.05) is 26.2 Å². The Labute approximate surface area is 115 Å². The molecular weight excluding hydrogens is 269 g/mol. The third-order valence-corrected chi connectivity index (χ3v) is 3.30. The second-order valence-corrected chi connectivity index (χ2v) is 4.86. The Kier molecular flexibility index (Phi) is 4.65. The molecule has 0 atom stereocenters. The highest BCUT2D eigenvalue weighted by atomic mass is 19.4. The standard InChI is InChI=1S/C14H17F3N2O/c15-14(16,17)12-4-1-3-11(9-12)10-13(20)19-7-2-5-18-6-8-19/h1,3-4,9,18H,2,5-8,10H2. The first-order valence-corrected chi connectivity index (χ1v) is 6.61. The Morgan fingerprint density at radius 1 is 1.25 bits per heavy atom. The van der Waals surface area contributed by atoms with E-state index < -0.39 is 11.7 Å². The molecule has 20 heavy (non-hydrogen) atoms. The summed E-state index contributed by atoms with van der Waals surface area (Å²) in [4.78, 5) is 13.8. The van der Waals surface area contributed by atoms with Crippen molar-refractivity contribution in [3.05, 3.63) is 35.4 Å². The number of carbonyl (C=O) groups is 1. The number of nitrogens with zero attached hydrogens (tertiary/aromatic N) is 1. The van der Waals surface area contributed by atoms with E-state index in [9.17, 15) is 18.0 Å². The monoisotopic (exact) mass is 286 g/mol. The van der Waals surface area contributed by atoms with E-state index in [0.29, 0.717) is 18.7 Å². The molecule has 0 radical (unpaired) electrons. The fourth-order valence-corrected chi connectivity index (χ4v) is 2.24. The van der Waals surface area contributed by atoms with Crippen LogP contribution < -0.4 is 5.32 Å². The van der Waals surface area contributed by atoms with Crippen LogP contribution in [0.25, 0.3) is 0 Å². The average molecular weight is 286 g/mol. The Morgan fingerprint density at radius 3 is 2.80 bits per heavy atom. The predicted octanol–water partition coefficient (Wildman–Crippen LogP) is 2.07. The summed E-state index contributed by atoms with van der Waals surface area (Å²) in [5.74, 6) is -0.118. The first-order valence-electron chi connectivity index (χ1n) is 6.61. The summed E-state index contributed by atoms with van der Waals surface area (Å²) in [6.45, 7) is 2.87. The van der Waals surface area contributed by atoms with Crippen molar-refractivity contribution in [3.8, 4) is 0 Å². The van der Waals surface area contributed by atoms with Gasteiger partial charge in [-0.25, -0.2) is 0 Å². The highest BCUT2D eigenvalue weighted by molar-refractivity contribution is 5.78. The highest BCUT2D eigenvalue weighted by Gasteiger charge is 2.30. The molecule has 1 aliphatic heterocycles. The van der Waals surface area contributed by atoms with E-state index in [4.69, 9.17) is 0 Å². The van der Waals surface area contributed by atoms with Crippen LogP contribution in [0.1, 0.15) is 17.5 Å². The first kappa shape index (κ1) is 14.8. The van der Waals surface area contributed by atoms with Gasteiger partial charge >= 0.3 is 6.18 Å². The normalized spacial score (nSPS) is 16.9. The van der Waals surface area contributed by atoms with E-state index in [1.807, 2.05) is 0 Å². The van der Waals surface area contributed by atoms with Crippen LogP contribution in [0.4, 0.5) is 13.2 Å². The smallest absolute Gasteiger partial charge is 0.341 e. The lowest BCUT2D eigenvalue weighted by Crippen LogP contribution is -2.35. The van der Waals surface area contributed by atoms with Crippen LogP contribution in [0.3, 0.4) is 0 Å². The Balaban J connectivity index is 2.03. The summed E-state index contributed by atoms with van der Waals surface area (Å²) in [6, 6.07) is 4.97. The Hall–Kier alpha value is -1.56. The average Bonchev–Trinajstić information content (AvgIpc) is 2.67. The quantitative estimate of drug-likeness (QED) is 0.902. The van der Waals surface area contributed by atoms with Crippen LogP contribution in [0.15, 0.2) is 24.3 Å². The molecule has 0 aromatic heterocycles. The Morgan fingerprint density at radius 2 is 2.05 bits per heavy atom. The summed E-state index contributed by atoms with van der Waals surface area (Å²) < 4.78 is 37.8. The van der Waals surface area contributed by atoms with E-state index in [1.54, 1.807) is 11.0 Å². The van der Waals surface area contributed by atoms with Crippen molar-refractivity contribution in [2.24, 2.45) is 0 Å². The van der Waals surface area contributed by atoms with Gasteiger partial charge in [0, 0.05) is 19.6 Å². The van der Waals surface area contributed by atoms with E-state index >= 15 is 0 Å². The molecule has 0 unspecified atom stereocenters. The molecule has 0 saturated carbocycles. The van der Waals surface area contributed by atoms with Gasteiger partial charge in [-0.05, 0) is 24.6 Å². The molecular formula is C14H17F3N2O. The van der Waals surface area contributed by atoms with Gasteiger partial charge in [0.2, 0.25) is 5.91 Å². The number of amides is 1. The van der Waals surface area contributed by atoms with Gasteiger partial charge in [-0.15, -0.1) is 0 Å². The first-order chi connectivity index (χ1) is 9.47. The molecule has 6 heteroatoms. The van der Waals surface area contributed by atoms with Crippen LogP contribution >= 0.6 is 0 Å². The van der Waals surface area contributed by atoms with Crippen molar-refractivity contribution in [1.82, 2.24) is 10.2 Å². The zero-order valence-electron chi connectivity index (χ0n) is 11.0. The van der Waals surface area contributed by atoms with Crippen LogP contribution in [-0.2, 0) is 17.4 Å². The lowest BCUT2D eigenvalue weighted by Gasteiger charge is -2.20. The molecule has 1 aromatic rings. The van der Waals surface area contributed by atoms with Crippen molar-refractivity contribution < 1.29 is 18.0 Å². The SMILES string of the molecule is O=C(Cc1cccc(C(F)(F)F)c1)N1CCCNCC1. The number of halogens is 3. The summed E-state index contributed by atoms with van der Waals surface area (Å²) in [7, 11) is 0. The van der Waals surface area contributed by atoms with Crippen LogP contribution in [0.5, 0.6) is 0 Å². The summed E-state index contributed by atoms with van der Waals surface area (Å²) in [5.41, 5.74) is -0.303. The van der Waals surface area contributed by atoms with Crippen molar-refractivity contribution in [3.63, 3.8) is 0 Å². The molecule has 0 spiro atoms. The molecule has 1 heterocycles. The van der Waals surface area contributed by atoms with Crippen LogP contribution in [0.2, 0.25) is 0 Å². The van der Waals surface area contributed by atoms with Gasteiger partial charge in [-0.2, -0.15) is 13.2 Å². The van der Waals surface area contributed by atoms with Gasteiger partial charge in [0.25, 0.3) is 0 Å². The minimum atomic E-state index is -4.37. The number of benzene rings is 1. The molecule has 1 fully saturated rings. The molecule has 2 rings (SSSR count). The maximum absolute atomic E-state index is 12.6. The molecule has 3 nitrogen and oxygen atoms in total.